The predicted molar refractivity (Wildman–Crippen MR) is 85.0 cm³/mol. The lowest BCUT2D eigenvalue weighted by Gasteiger charge is -2.03. The van der Waals surface area contributed by atoms with Gasteiger partial charge >= 0.3 is 0 Å². The predicted octanol–water partition coefficient (Wildman–Crippen LogP) is 2.38. The van der Waals surface area contributed by atoms with E-state index in [1.807, 2.05) is 24.3 Å². The van der Waals surface area contributed by atoms with Gasteiger partial charge in [-0.15, -0.1) is 10.2 Å². The Hall–Kier alpha value is -1.50. The normalized spacial score (nSPS) is 10.8. The highest BCUT2D eigenvalue weighted by Gasteiger charge is 2.10. The molecule has 1 aromatic carbocycles. The maximum atomic E-state index is 5.36. The van der Waals surface area contributed by atoms with Crippen molar-refractivity contribution in [3.05, 3.63) is 29.3 Å². The van der Waals surface area contributed by atoms with Crippen molar-refractivity contribution in [1.82, 2.24) is 15.5 Å². The third-order valence-corrected chi connectivity index (χ3v) is 4.05. The Kier molecular flexibility index (Phi) is 6.59. The van der Waals surface area contributed by atoms with Crippen LogP contribution in [0.3, 0.4) is 0 Å². The second-order valence-electron chi connectivity index (χ2n) is 4.55. The minimum Gasteiger partial charge on any atom is -0.496 e. The Labute approximate surface area is 129 Å². The smallest absolute Gasteiger partial charge is 0.151 e. The minimum absolute atomic E-state index is 0.747. The topological polar surface area (TPSA) is 56.3 Å². The summed E-state index contributed by atoms with van der Waals surface area (Å²) in [4.78, 5) is 0. The van der Waals surface area contributed by atoms with Crippen molar-refractivity contribution >= 4 is 11.3 Å². The lowest BCUT2D eigenvalue weighted by Crippen LogP contribution is -2.20. The van der Waals surface area contributed by atoms with Crippen LogP contribution in [0, 0.1) is 0 Å². The summed E-state index contributed by atoms with van der Waals surface area (Å²) in [5.74, 6) is 0.835. The Morgan fingerprint density at radius 1 is 1.14 bits per heavy atom. The van der Waals surface area contributed by atoms with E-state index in [4.69, 9.17) is 9.47 Å². The number of nitrogens with one attached hydrogen (secondary N) is 1. The Balaban J connectivity index is 1.87. The molecule has 6 heteroatoms. The van der Waals surface area contributed by atoms with Crippen LogP contribution in [-0.4, -0.2) is 44.1 Å². The number of hydrogen-bond donors (Lipinski definition) is 1. The van der Waals surface area contributed by atoms with Gasteiger partial charge in [0.1, 0.15) is 10.8 Å². The molecule has 1 N–H and O–H groups in total. The van der Waals surface area contributed by atoms with Crippen LogP contribution < -0.4 is 10.1 Å². The van der Waals surface area contributed by atoms with Crippen LogP contribution in [0.25, 0.3) is 10.6 Å². The quantitative estimate of drug-likeness (QED) is 0.721. The van der Waals surface area contributed by atoms with Gasteiger partial charge in [0.2, 0.25) is 0 Å². The first-order valence-corrected chi connectivity index (χ1v) is 7.82. The van der Waals surface area contributed by atoms with Crippen LogP contribution >= 0.6 is 11.3 Å². The number of rotatable bonds is 9. The van der Waals surface area contributed by atoms with E-state index in [-0.39, 0.29) is 0 Å². The van der Waals surface area contributed by atoms with E-state index in [2.05, 4.69) is 15.5 Å². The monoisotopic (exact) mass is 307 g/mol. The molecule has 0 fully saturated rings. The zero-order valence-corrected chi connectivity index (χ0v) is 13.3. The van der Waals surface area contributed by atoms with Crippen LogP contribution in [0.1, 0.15) is 11.4 Å². The standard InChI is InChI=1S/C15H21N3O2S/c1-19-11-10-16-9-5-8-14-17-18-15(21-14)12-6-3-4-7-13(12)20-2/h3-4,6-7,16H,5,8-11H2,1-2H3. The van der Waals surface area contributed by atoms with E-state index < -0.39 is 0 Å². The average molecular weight is 307 g/mol. The maximum Gasteiger partial charge on any atom is 0.151 e. The summed E-state index contributed by atoms with van der Waals surface area (Å²) in [5.41, 5.74) is 1.00. The first-order valence-electron chi connectivity index (χ1n) is 7.00. The first-order chi connectivity index (χ1) is 10.3. The van der Waals surface area contributed by atoms with Crippen molar-refractivity contribution in [2.45, 2.75) is 12.8 Å². The molecule has 21 heavy (non-hydrogen) atoms. The van der Waals surface area contributed by atoms with Crippen LogP contribution in [0.15, 0.2) is 24.3 Å². The number of para-hydroxylation sites is 1. The molecule has 0 aliphatic heterocycles. The Morgan fingerprint density at radius 2 is 2.00 bits per heavy atom. The molecule has 2 aromatic rings. The molecular formula is C15H21N3O2S. The molecule has 0 amide bonds. The summed E-state index contributed by atoms with van der Waals surface area (Å²) in [6.45, 7) is 2.60. The summed E-state index contributed by atoms with van der Waals surface area (Å²) in [6, 6.07) is 7.89. The molecule has 5 nitrogen and oxygen atoms in total. The van der Waals surface area contributed by atoms with E-state index in [1.165, 1.54) is 0 Å². The third-order valence-electron chi connectivity index (χ3n) is 3.03. The molecule has 0 aliphatic carbocycles. The van der Waals surface area contributed by atoms with Crippen molar-refractivity contribution < 1.29 is 9.47 Å². The fourth-order valence-electron chi connectivity index (χ4n) is 1.95. The van der Waals surface area contributed by atoms with Crippen molar-refractivity contribution in [2.75, 3.05) is 33.9 Å². The molecule has 0 radical (unpaired) electrons. The van der Waals surface area contributed by atoms with Crippen molar-refractivity contribution in [1.29, 1.82) is 0 Å². The minimum atomic E-state index is 0.747. The molecule has 2 rings (SSSR count). The van der Waals surface area contributed by atoms with E-state index in [0.29, 0.717) is 0 Å². The maximum absolute atomic E-state index is 5.36. The molecule has 1 aromatic heterocycles. The summed E-state index contributed by atoms with van der Waals surface area (Å²) < 4.78 is 10.3. The van der Waals surface area contributed by atoms with Gasteiger partial charge < -0.3 is 14.8 Å². The number of nitrogens with zero attached hydrogens (tertiary/aromatic N) is 2. The van der Waals surface area contributed by atoms with Crippen LogP contribution in [0.5, 0.6) is 5.75 Å². The number of aryl methyl sites for hydroxylation is 1. The Bertz CT molecular complexity index is 545. The highest BCUT2D eigenvalue weighted by molar-refractivity contribution is 7.14. The van der Waals surface area contributed by atoms with Crippen molar-refractivity contribution in [3.63, 3.8) is 0 Å². The Morgan fingerprint density at radius 3 is 2.81 bits per heavy atom. The largest absolute Gasteiger partial charge is 0.496 e. The van der Waals surface area contributed by atoms with Crippen LogP contribution in [0.4, 0.5) is 0 Å². The molecule has 0 atom stereocenters. The van der Waals surface area contributed by atoms with Gasteiger partial charge in [0, 0.05) is 20.1 Å². The van der Waals surface area contributed by atoms with E-state index in [1.54, 1.807) is 25.6 Å². The second kappa shape index (κ2) is 8.71. The van der Waals surface area contributed by atoms with Crippen molar-refractivity contribution in [3.8, 4) is 16.3 Å². The van der Waals surface area contributed by atoms with E-state index >= 15 is 0 Å². The lowest BCUT2D eigenvalue weighted by molar-refractivity contribution is 0.199. The number of aromatic nitrogens is 2. The highest BCUT2D eigenvalue weighted by Crippen LogP contribution is 2.31. The molecule has 0 aliphatic rings. The van der Waals surface area contributed by atoms with E-state index in [0.717, 1.165) is 53.9 Å². The fourth-order valence-corrected chi connectivity index (χ4v) is 2.86. The van der Waals surface area contributed by atoms with Gasteiger partial charge in [0.15, 0.2) is 5.01 Å². The van der Waals surface area contributed by atoms with Gasteiger partial charge in [-0.2, -0.15) is 0 Å². The molecule has 0 saturated heterocycles. The second-order valence-corrected chi connectivity index (χ2v) is 5.61. The van der Waals surface area contributed by atoms with Gasteiger partial charge in [0.25, 0.3) is 0 Å². The van der Waals surface area contributed by atoms with Gasteiger partial charge in [0.05, 0.1) is 19.3 Å². The zero-order chi connectivity index (χ0) is 14.9. The summed E-state index contributed by atoms with van der Waals surface area (Å²) in [5, 5.41) is 13.8. The lowest BCUT2D eigenvalue weighted by atomic mass is 10.2. The first kappa shape index (κ1) is 15.9. The van der Waals surface area contributed by atoms with Gasteiger partial charge in [-0.05, 0) is 25.1 Å². The fraction of sp³-hybridized carbons (Fsp3) is 0.467. The van der Waals surface area contributed by atoms with Crippen LogP contribution in [0.2, 0.25) is 0 Å². The van der Waals surface area contributed by atoms with Crippen molar-refractivity contribution in [2.24, 2.45) is 0 Å². The van der Waals surface area contributed by atoms with Crippen LogP contribution in [-0.2, 0) is 11.2 Å². The molecule has 0 spiro atoms. The molecule has 0 saturated carbocycles. The highest BCUT2D eigenvalue weighted by atomic mass is 32.1. The molecule has 0 unspecified atom stereocenters. The molecular weight excluding hydrogens is 286 g/mol. The SMILES string of the molecule is COCCNCCCc1nnc(-c2ccccc2OC)s1. The van der Waals surface area contributed by atoms with Gasteiger partial charge in [-0.1, -0.05) is 23.5 Å². The third kappa shape index (κ3) is 4.77. The number of methoxy groups -OCH3 is 2. The molecule has 0 bridgehead atoms. The van der Waals surface area contributed by atoms with Gasteiger partial charge in [-0.25, -0.2) is 0 Å². The number of ether oxygens (including phenoxy) is 2. The van der Waals surface area contributed by atoms with Gasteiger partial charge in [-0.3, -0.25) is 0 Å². The summed E-state index contributed by atoms with van der Waals surface area (Å²) >= 11 is 1.63. The number of hydrogen-bond acceptors (Lipinski definition) is 6. The zero-order valence-electron chi connectivity index (χ0n) is 12.5. The number of benzene rings is 1. The molecule has 114 valence electrons. The average Bonchev–Trinajstić information content (AvgIpc) is 2.99. The van der Waals surface area contributed by atoms with E-state index in [9.17, 15) is 0 Å². The summed E-state index contributed by atoms with van der Waals surface area (Å²) in [6.07, 6.45) is 1.98. The molecule has 1 heterocycles. The summed E-state index contributed by atoms with van der Waals surface area (Å²) in [7, 11) is 3.38.